The van der Waals surface area contributed by atoms with Crippen molar-refractivity contribution >= 4 is 23.2 Å². The number of carbonyl (C=O) groups is 2. The average molecular weight is 433 g/mol. The zero-order valence-corrected chi connectivity index (χ0v) is 19.0. The first-order valence-electron chi connectivity index (χ1n) is 11.9. The van der Waals surface area contributed by atoms with Crippen LogP contribution in [0.15, 0.2) is 42.6 Å². The Bertz CT molecular complexity index is 991. The van der Waals surface area contributed by atoms with Crippen LogP contribution in [0.25, 0.3) is 0 Å². The molecule has 0 bridgehead atoms. The Morgan fingerprint density at radius 1 is 1.06 bits per heavy atom. The zero-order chi connectivity index (χ0) is 22.2. The molecule has 1 aliphatic carbocycles. The molecule has 3 fully saturated rings. The van der Waals surface area contributed by atoms with Crippen molar-refractivity contribution in [2.45, 2.75) is 39.0 Å². The Morgan fingerprint density at radius 3 is 2.38 bits per heavy atom. The summed E-state index contributed by atoms with van der Waals surface area (Å²) in [5.74, 6) is 1.80. The summed E-state index contributed by atoms with van der Waals surface area (Å²) in [7, 11) is 0. The molecule has 1 aromatic heterocycles. The summed E-state index contributed by atoms with van der Waals surface area (Å²) in [4.78, 5) is 33.7. The Labute approximate surface area is 190 Å². The lowest BCUT2D eigenvalue weighted by atomic mass is 9.89. The molecule has 0 spiro atoms. The molecular weight excluding hydrogens is 400 g/mol. The van der Waals surface area contributed by atoms with E-state index in [1.165, 1.54) is 5.56 Å². The Balaban J connectivity index is 1.10. The van der Waals surface area contributed by atoms with E-state index in [1.807, 2.05) is 25.1 Å². The fourth-order valence-electron chi connectivity index (χ4n) is 5.07. The number of hydrogen-bond donors (Lipinski definition) is 1. The molecule has 2 saturated heterocycles. The van der Waals surface area contributed by atoms with Crippen molar-refractivity contribution in [2.75, 3.05) is 36.4 Å². The van der Waals surface area contributed by atoms with Crippen molar-refractivity contribution in [3.05, 3.63) is 53.9 Å². The molecule has 6 heteroatoms. The summed E-state index contributed by atoms with van der Waals surface area (Å²) in [5.41, 5.74) is 4.27. The van der Waals surface area contributed by atoms with Crippen molar-refractivity contribution in [1.29, 1.82) is 0 Å². The van der Waals surface area contributed by atoms with Gasteiger partial charge in [0.05, 0.1) is 17.3 Å². The number of nitrogens with one attached hydrogen (secondary N) is 1. The minimum Gasteiger partial charge on any atom is -0.368 e. The number of benzene rings is 1. The van der Waals surface area contributed by atoms with Crippen LogP contribution in [0.1, 0.15) is 43.4 Å². The van der Waals surface area contributed by atoms with Gasteiger partial charge in [-0.15, -0.1) is 0 Å². The standard InChI is InChI=1S/C26H32N4O2/c1-17-14-23(17)26(32)29-12-9-20(10-13-29)19-5-7-22(8-6-19)28-25(31)21-15-30(16-21)24-4-3-11-27-18(24)2/h3-8,11,17,20-21,23H,9-10,12-16H2,1-2H3,(H,28,31). The maximum Gasteiger partial charge on any atom is 0.231 e. The second-order valence-electron chi connectivity index (χ2n) is 9.74. The quantitative estimate of drug-likeness (QED) is 0.780. The molecule has 1 aromatic carbocycles. The molecule has 3 heterocycles. The molecule has 2 unspecified atom stereocenters. The molecule has 2 aromatic rings. The predicted octanol–water partition coefficient (Wildman–Crippen LogP) is 3.83. The van der Waals surface area contributed by atoms with Gasteiger partial charge >= 0.3 is 0 Å². The number of hydrogen-bond acceptors (Lipinski definition) is 4. The number of anilines is 2. The number of carbonyl (C=O) groups excluding carboxylic acids is 2. The van der Waals surface area contributed by atoms with Crippen LogP contribution in [0.2, 0.25) is 0 Å². The molecule has 1 saturated carbocycles. The first-order chi connectivity index (χ1) is 15.5. The average Bonchev–Trinajstić information content (AvgIpc) is 3.51. The van der Waals surface area contributed by atoms with Crippen LogP contribution in [0, 0.1) is 24.7 Å². The second-order valence-corrected chi connectivity index (χ2v) is 9.74. The van der Waals surface area contributed by atoms with Gasteiger partial charge in [-0.25, -0.2) is 0 Å². The van der Waals surface area contributed by atoms with E-state index in [2.05, 4.69) is 45.2 Å². The number of piperidine rings is 1. The van der Waals surface area contributed by atoms with Gasteiger partial charge < -0.3 is 15.1 Å². The third-order valence-corrected chi connectivity index (χ3v) is 7.45. The molecule has 6 nitrogen and oxygen atoms in total. The smallest absolute Gasteiger partial charge is 0.231 e. The molecule has 32 heavy (non-hydrogen) atoms. The molecule has 1 N–H and O–H groups in total. The predicted molar refractivity (Wildman–Crippen MR) is 126 cm³/mol. The van der Waals surface area contributed by atoms with Crippen LogP contribution in [-0.2, 0) is 9.59 Å². The highest BCUT2D eigenvalue weighted by atomic mass is 16.2. The van der Waals surface area contributed by atoms with Crippen molar-refractivity contribution in [1.82, 2.24) is 9.88 Å². The molecule has 168 valence electrons. The van der Waals surface area contributed by atoms with Gasteiger partial charge in [-0.05, 0) is 67.9 Å². The van der Waals surface area contributed by atoms with E-state index < -0.39 is 0 Å². The summed E-state index contributed by atoms with van der Waals surface area (Å²) in [6.45, 7) is 7.35. The fourth-order valence-corrected chi connectivity index (χ4v) is 5.07. The van der Waals surface area contributed by atoms with Crippen LogP contribution >= 0.6 is 0 Å². The van der Waals surface area contributed by atoms with Gasteiger partial charge in [0.25, 0.3) is 0 Å². The summed E-state index contributed by atoms with van der Waals surface area (Å²) in [6.07, 6.45) is 4.90. The van der Waals surface area contributed by atoms with Gasteiger partial charge in [0.2, 0.25) is 11.8 Å². The molecular formula is C26H32N4O2. The summed E-state index contributed by atoms with van der Waals surface area (Å²) in [6, 6.07) is 12.3. The summed E-state index contributed by atoms with van der Waals surface area (Å²) >= 11 is 0. The summed E-state index contributed by atoms with van der Waals surface area (Å²) in [5, 5.41) is 3.07. The Hall–Kier alpha value is -2.89. The van der Waals surface area contributed by atoms with Gasteiger partial charge in [-0.2, -0.15) is 0 Å². The minimum atomic E-state index is 0.00494. The number of aromatic nitrogens is 1. The molecule has 0 radical (unpaired) electrons. The van der Waals surface area contributed by atoms with E-state index in [4.69, 9.17) is 0 Å². The van der Waals surface area contributed by atoms with Gasteiger partial charge in [0, 0.05) is 44.0 Å². The monoisotopic (exact) mass is 432 g/mol. The highest BCUT2D eigenvalue weighted by Gasteiger charge is 2.42. The Kier molecular flexibility index (Phi) is 5.62. The maximum atomic E-state index is 12.6. The normalized spacial score (nSPS) is 23.6. The van der Waals surface area contributed by atoms with Gasteiger partial charge in [-0.3, -0.25) is 14.6 Å². The molecule has 2 aliphatic heterocycles. The maximum absolute atomic E-state index is 12.6. The van der Waals surface area contributed by atoms with Crippen LogP contribution in [0.3, 0.4) is 0 Å². The summed E-state index contributed by atoms with van der Waals surface area (Å²) < 4.78 is 0. The van der Waals surface area contributed by atoms with Crippen LogP contribution in [-0.4, -0.2) is 47.9 Å². The first kappa shape index (κ1) is 21.0. The number of aryl methyl sites for hydroxylation is 1. The van der Waals surface area contributed by atoms with E-state index in [9.17, 15) is 9.59 Å². The van der Waals surface area contributed by atoms with Crippen molar-refractivity contribution < 1.29 is 9.59 Å². The number of likely N-dealkylation sites (tertiary alicyclic amines) is 1. The van der Waals surface area contributed by atoms with E-state index in [0.717, 1.165) is 62.5 Å². The zero-order valence-electron chi connectivity index (χ0n) is 19.0. The van der Waals surface area contributed by atoms with Gasteiger partial charge in [0.1, 0.15) is 0 Å². The Morgan fingerprint density at radius 2 is 1.75 bits per heavy atom. The van der Waals surface area contributed by atoms with Crippen molar-refractivity contribution in [3.8, 4) is 0 Å². The number of nitrogens with zero attached hydrogens (tertiary/aromatic N) is 3. The topological polar surface area (TPSA) is 65.5 Å². The second kappa shape index (κ2) is 8.57. The minimum absolute atomic E-state index is 0.00494. The lowest BCUT2D eigenvalue weighted by molar-refractivity contribution is -0.133. The highest BCUT2D eigenvalue weighted by molar-refractivity contribution is 5.94. The number of amides is 2. The lowest BCUT2D eigenvalue weighted by Gasteiger charge is -2.40. The van der Waals surface area contributed by atoms with Crippen molar-refractivity contribution in [3.63, 3.8) is 0 Å². The molecule has 3 aliphatic rings. The fraction of sp³-hybridized carbons (Fsp3) is 0.500. The largest absolute Gasteiger partial charge is 0.368 e. The lowest BCUT2D eigenvalue weighted by Crippen LogP contribution is -2.52. The van der Waals surface area contributed by atoms with Crippen LogP contribution in [0.5, 0.6) is 0 Å². The third kappa shape index (κ3) is 4.23. The highest BCUT2D eigenvalue weighted by Crippen LogP contribution is 2.40. The van der Waals surface area contributed by atoms with E-state index in [1.54, 1.807) is 6.20 Å². The van der Waals surface area contributed by atoms with Crippen molar-refractivity contribution in [2.24, 2.45) is 17.8 Å². The number of rotatable bonds is 5. The molecule has 5 rings (SSSR count). The third-order valence-electron chi connectivity index (χ3n) is 7.45. The van der Waals surface area contributed by atoms with E-state index in [-0.39, 0.29) is 17.7 Å². The van der Waals surface area contributed by atoms with Gasteiger partial charge in [0.15, 0.2) is 0 Å². The molecule has 2 atom stereocenters. The van der Waals surface area contributed by atoms with E-state index in [0.29, 0.717) is 17.7 Å². The van der Waals surface area contributed by atoms with Gasteiger partial charge in [-0.1, -0.05) is 19.1 Å². The van der Waals surface area contributed by atoms with E-state index >= 15 is 0 Å². The van der Waals surface area contributed by atoms with Crippen LogP contribution < -0.4 is 10.2 Å². The molecule has 2 amide bonds. The van der Waals surface area contributed by atoms with Crippen LogP contribution in [0.4, 0.5) is 11.4 Å². The number of pyridine rings is 1. The first-order valence-corrected chi connectivity index (χ1v) is 11.9. The SMILES string of the molecule is Cc1ncccc1N1CC(C(=O)Nc2ccc(C3CCN(C(=O)C4CC4C)CC3)cc2)C1.